The van der Waals surface area contributed by atoms with Crippen molar-refractivity contribution in [3.63, 3.8) is 0 Å². The Morgan fingerprint density at radius 1 is 1.38 bits per heavy atom. The van der Waals surface area contributed by atoms with Crippen LogP contribution in [0.5, 0.6) is 0 Å². The van der Waals surface area contributed by atoms with Gasteiger partial charge in [0.1, 0.15) is 10.7 Å². The second kappa shape index (κ2) is 6.29. The zero-order valence-corrected chi connectivity index (χ0v) is 13.0. The fraction of sp³-hybridized carbons (Fsp3) is 0.462. The lowest BCUT2D eigenvalue weighted by Crippen LogP contribution is -2.40. The van der Waals surface area contributed by atoms with E-state index in [4.69, 9.17) is 11.6 Å². The molecule has 1 aliphatic heterocycles. The van der Waals surface area contributed by atoms with Gasteiger partial charge in [-0.05, 0) is 31.0 Å². The number of hydrogen-bond donors (Lipinski definition) is 0. The number of carbonyl (C=O) groups is 1. The lowest BCUT2D eigenvalue weighted by atomic mass is 9.99. The molecule has 1 aromatic carbocycles. The van der Waals surface area contributed by atoms with E-state index in [1.54, 1.807) is 0 Å². The fourth-order valence-corrected chi connectivity index (χ4v) is 4.27. The number of methoxy groups -OCH3 is 1. The van der Waals surface area contributed by atoms with Crippen molar-refractivity contribution in [2.75, 3.05) is 20.2 Å². The number of rotatable bonds is 3. The summed E-state index contributed by atoms with van der Waals surface area (Å²) in [6.07, 6.45) is 0.748. The molecule has 0 unspecified atom stereocenters. The number of nitrogens with zero attached hydrogens (tertiary/aromatic N) is 1. The van der Waals surface area contributed by atoms with E-state index >= 15 is 0 Å². The number of esters is 1. The summed E-state index contributed by atoms with van der Waals surface area (Å²) in [5, 5.41) is -0.0218. The third-order valence-electron chi connectivity index (χ3n) is 3.50. The normalized spacial score (nSPS) is 17.7. The first kappa shape index (κ1) is 16.2. The summed E-state index contributed by atoms with van der Waals surface area (Å²) in [5.74, 6) is -1.30. The Morgan fingerprint density at radius 3 is 2.57 bits per heavy atom. The second-order valence-electron chi connectivity index (χ2n) is 4.78. The quantitative estimate of drug-likeness (QED) is 0.793. The van der Waals surface area contributed by atoms with Crippen LogP contribution in [0.1, 0.15) is 12.8 Å². The lowest BCUT2D eigenvalue weighted by Gasteiger charge is -2.30. The molecule has 2 rings (SSSR count). The van der Waals surface area contributed by atoms with Crippen LogP contribution in [0.25, 0.3) is 0 Å². The minimum Gasteiger partial charge on any atom is -0.469 e. The number of hydrogen-bond acceptors (Lipinski definition) is 4. The van der Waals surface area contributed by atoms with Crippen LogP contribution in [0, 0.1) is 11.7 Å². The molecule has 0 N–H and O–H groups in total. The molecule has 0 aliphatic carbocycles. The zero-order valence-electron chi connectivity index (χ0n) is 11.4. The molecule has 8 heteroatoms. The molecule has 1 fully saturated rings. The van der Waals surface area contributed by atoms with Gasteiger partial charge in [-0.2, -0.15) is 4.31 Å². The van der Waals surface area contributed by atoms with E-state index in [1.807, 2.05) is 0 Å². The molecule has 0 saturated carbocycles. The topological polar surface area (TPSA) is 63.7 Å². The molecule has 1 heterocycles. The van der Waals surface area contributed by atoms with Crippen molar-refractivity contribution in [3.05, 3.63) is 29.0 Å². The fourth-order valence-electron chi connectivity index (χ4n) is 2.31. The van der Waals surface area contributed by atoms with Crippen LogP contribution in [-0.4, -0.2) is 38.9 Å². The Bertz CT molecular complexity index is 642. The summed E-state index contributed by atoms with van der Waals surface area (Å²) in [5.41, 5.74) is 0. The molecule has 0 aromatic heterocycles. The molecular formula is C13H15ClFNO4S. The molecule has 0 spiro atoms. The summed E-state index contributed by atoms with van der Waals surface area (Å²) >= 11 is 5.85. The summed E-state index contributed by atoms with van der Waals surface area (Å²) in [6, 6.07) is 3.22. The first-order chi connectivity index (χ1) is 9.86. The highest BCUT2D eigenvalue weighted by Gasteiger charge is 2.33. The van der Waals surface area contributed by atoms with Gasteiger partial charge < -0.3 is 4.74 Å². The molecule has 21 heavy (non-hydrogen) atoms. The van der Waals surface area contributed by atoms with Gasteiger partial charge in [-0.15, -0.1) is 0 Å². The van der Waals surface area contributed by atoms with Crippen molar-refractivity contribution < 1.29 is 22.3 Å². The number of sulfonamides is 1. The minimum atomic E-state index is -3.86. The Labute approximate surface area is 127 Å². The molecule has 1 aliphatic rings. The summed E-state index contributed by atoms with van der Waals surface area (Å²) < 4.78 is 44.1. The molecule has 0 bridgehead atoms. The largest absolute Gasteiger partial charge is 0.469 e. The number of piperidine rings is 1. The molecule has 0 radical (unpaired) electrons. The van der Waals surface area contributed by atoms with Crippen LogP contribution >= 0.6 is 11.6 Å². The van der Waals surface area contributed by atoms with E-state index in [1.165, 1.54) is 17.5 Å². The van der Waals surface area contributed by atoms with Crippen LogP contribution < -0.4 is 0 Å². The first-order valence-electron chi connectivity index (χ1n) is 6.39. The van der Waals surface area contributed by atoms with E-state index in [9.17, 15) is 17.6 Å². The first-order valence-corrected chi connectivity index (χ1v) is 8.21. The van der Waals surface area contributed by atoms with Crippen molar-refractivity contribution in [1.29, 1.82) is 0 Å². The van der Waals surface area contributed by atoms with E-state index in [-0.39, 0.29) is 34.9 Å². The average Bonchev–Trinajstić information content (AvgIpc) is 2.49. The van der Waals surface area contributed by atoms with Gasteiger partial charge in [0.15, 0.2) is 0 Å². The van der Waals surface area contributed by atoms with E-state index < -0.39 is 15.8 Å². The summed E-state index contributed by atoms with van der Waals surface area (Å²) in [7, 11) is -2.56. The van der Waals surface area contributed by atoms with Gasteiger partial charge in [-0.3, -0.25) is 4.79 Å². The summed E-state index contributed by atoms with van der Waals surface area (Å²) in [6.45, 7) is 0.351. The molecule has 1 saturated heterocycles. The zero-order chi connectivity index (χ0) is 15.6. The van der Waals surface area contributed by atoms with Crippen molar-refractivity contribution in [3.8, 4) is 0 Å². The Kier molecular flexibility index (Phi) is 4.85. The van der Waals surface area contributed by atoms with Crippen molar-refractivity contribution >= 4 is 27.6 Å². The van der Waals surface area contributed by atoms with Crippen LogP contribution in [-0.2, 0) is 19.6 Å². The third kappa shape index (κ3) is 3.36. The average molecular weight is 336 g/mol. The van der Waals surface area contributed by atoms with E-state index in [2.05, 4.69) is 4.74 Å². The molecular weight excluding hydrogens is 321 g/mol. The van der Waals surface area contributed by atoms with Crippen LogP contribution in [0.4, 0.5) is 4.39 Å². The predicted octanol–water partition coefficient (Wildman–Crippen LogP) is 2.05. The Balaban J connectivity index is 2.19. The standard InChI is InChI=1S/C13H15ClFNO4S/c1-20-13(17)9-4-6-16(7-5-9)21(18,19)12-8-10(15)2-3-11(12)14/h2-3,8-9H,4-7H2,1H3. The second-order valence-corrected chi connectivity index (χ2v) is 7.09. The van der Waals surface area contributed by atoms with Crippen molar-refractivity contribution in [2.24, 2.45) is 5.92 Å². The van der Waals surface area contributed by atoms with E-state index in [0.717, 1.165) is 12.1 Å². The van der Waals surface area contributed by atoms with Gasteiger partial charge in [0.05, 0.1) is 18.1 Å². The highest BCUT2D eigenvalue weighted by molar-refractivity contribution is 7.89. The molecule has 1 aromatic rings. The van der Waals surface area contributed by atoms with Crippen LogP contribution in [0.2, 0.25) is 5.02 Å². The van der Waals surface area contributed by atoms with Crippen molar-refractivity contribution in [1.82, 2.24) is 4.31 Å². The van der Waals surface area contributed by atoms with E-state index in [0.29, 0.717) is 12.8 Å². The molecule has 5 nitrogen and oxygen atoms in total. The lowest BCUT2D eigenvalue weighted by molar-refractivity contribution is -0.146. The maximum atomic E-state index is 13.3. The third-order valence-corrected chi connectivity index (χ3v) is 5.88. The predicted molar refractivity (Wildman–Crippen MR) is 74.9 cm³/mol. The van der Waals surface area contributed by atoms with Gasteiger partial charge in [0.2, 0.25) is 10.0 Å². The minimum absolute atomic E-state index is 0.0218. The molecule has 116 valence electrons. The Hall–Kier alpha value is -1.18. The van der Waals surface area contributed by atoms with Crippen LogP contribution in [0.15, 0.2) is 23.1 Å². The van der Waals surface area contributed by atoms with Crippen LogP contribution in [0.3, 0.4) is 0 Å². The van der Waals surface area contributed by atoms with Gasteiger partial charge in [0, 0.05) is 13.1 Å². The van der Waals surface area contributed by atoms with Gasteiger partial charge in [-0.1, -0.05) is 11.6 Å². The van der Waals surface area contributed by atoms with Gasteiger partial charge in [-0.25, -0.2) is 12.8 Å². The summed E-state index contributed by atoms with van der Waals surface area (Å²) in [4.78, 5) is 11.2. The highest BCUT2D eigenvalue weighted by Crippen LogP contribution is 2.29. The highest BCUT2D eigenvalue weighted by atomic mass is 35.5. The smallest absolute Gasteiger partial charge is 0.308 e. The monoisotopic (exact) mass is 335 g/mol. The molecule has 0 amide bonds. The number of benzene rings is 1. The van der Waals surface area contributed by atoms with Gasteiger partial charge in [0.25, 0.3) is 0 Å². The maximum Gasteiger partial charge on any atom is 0.308 e. The molecule has 0 atom stereocenters. The SMILES string of the molecule is COC(=O)C1CCN(S(=O)(=O)c2cc(F)ccc2Cl)CC1. The number of ether oxygens (including phenoxy) is 1. The van der Waals surface area contributed by atoms with Crippen molar-refractivity contribution in [2.45, 2.75) is 17.7 Å². The maximum absolute atomic E-state index is 13.3. The number of halogens is 2. The Morgan fingerprint density at radius 2 is 2.00 bits per heavy atom. The van der Waals surface area contributed by atoms with Gasteiger partial charge >= 0.3 is 5.97 Å². The number of carbonyl (C=O) groups excluding carboxylic acids is 1.